The van der Waals surface area contributed by atoms with Gasteiger partial charge in [-0.05, 0) is 36.0 Å². The molecule has 2 N–H and O–H groups in total. The predicted octanol–water partition coefficient (Wildman–Crippen LogP) is 9.85. The van der Waals surface area contributed by atoms with Crippen molar-refractivity contribution >= 4 is 0 Å². The number of hydrogen-bond donors (Lipinski definition) is 1. The Hall–Kier alpha value is -0.820. The summed E-state index contributed by atoms with van der Waals surface area (Å²) in [5, 5.41) is 0. The molecule has 0 aliphatic rings. The highest BCUT2D eigenvalue weighted by Crippen LogP contribution is 2.25. The fourth-order valence-corrected chi connectivity index (χ4v) is 5.01. The van der Waals surface area contributed by atoms with E-state index in [1.54, 1.807) is 0 Å². The van der Waals surface area contributed by atoms with Crippen molar-refractivity contribution in [2.75, 3.05) is 0 Å². The molecule has 0 fully saturated rings. The molecule has 31 heavy (non-hydrogen) atoms. The maximum absolute atomic E-state index is 6.56. The summed E-state index contributed by atoms with van der Waals surface area (Å²) in [5.41, 5.74) is 11.0. The fourth-order valence-electron chi connectivity index (χ4n) is 5.01. The van der Waals surface area contributed by atoms with Crippen LogP contribution in [-0.4, -0.2) is 0 Å². The first-order valence-corrected chi connectivity index (χ1v) is 14.1. The van der Waals surface area contributed by atoms with Crippen LogP contribution in [0.2, 0.25) is 0 Å². The fraction of sp³-hybridized carbons (Fsp3) is 0.800. The maximum Gasteiger partial charge on any atom is 0.0297 e. The van der Waals surface area contributed by atoms with Crippen LogP contribution in [0.5, 0.6) is 0 Å². The van der Waals surface area contributed by atoms with Crippen LogP contribution in [0.1, 0.15) is 159 Å². The van der Waals surface area contributed by atoms with Gasteiger partial charge in [0.25, 0.3) is 0 Å². The Balaban J connectivity index is 1.93. The number of aryl methyl sites for hydroxylation is 1. The molecule has 0 saturated carbocycles. The molecule has 0 saturated heterocycles. The van der Waals surface area contributed by atoms with Crippen LogP contribution in [0, 0.1) is 0 Å². The summed E-state index contributed by atoms with van der Waals surface area (Å²) in [5.74, 6) is 0. The molecular formula is C30H55N. The molecule has 1 heteroatoms. The van der Waals surface area contributed by atoms with Gasteiger partial charge in [-0.2, -0.15) is 0 Å². The minimum atomic E-state index is 0.220. The van der Waals surface area contributed by atoms with Crippen molar-refractivity contribution in [3.05, 3.63) is 34.9 Å². The normalized spacial score (nSPS) is 12.4. The second kappa shape index (κ2) is 19.8. The van der Waals surface area contributed by atoms with Crippen LogP contribution in [0.15, 0.2) is 18.2 Å². The third-order valence-electron chi connectivity index (χ3n) is 7.06. The lowest BCUT2D eigenvalue weighted by molar-refractivity contribution is 0.516. The van der Waals surface area contributed by atoms with Crippen LogP contribution in [0.4, 0.5) is 0 Å². The van der Waals surface area contributed by atoms with Crippen molar-refractivity contribution in [1.82, 2.24) is 0 Å². The minimum absolute atomic E-state index is 0.220. The summed E-state index contributed by atoms with van der Waals surface area (Å²) in [6, 6.07) is 6.95. The smallest absolute Gasteiger partial charge is 0.0297 e. The van der Waals surface area contributed by atoms with Crippen molar-refractivity contribution in [3.8, 4) is 0 Å². The van der Waals surface area contributed by atoms with Gasteiger partial charge in [0, 0.05) is 6.04 Å². The van der Waals surface area contributed by atoms with E-state index in [1.807, 2.05) is 0 Å². The molecule has 1 aromatic carbocycles. The third kappa shape index (κ3) is 13.4. The van der Waals surface area contributed by atoms with Gasteiger partial charge >= 0.3 is 0 Å². The quantitative estimate of drug-likeness (QED) is 0.193. The Bertz CT molecular complexity index is 521. The zero-order valence-electron chi connectivity index (χ0n) is 21.5. The second-order valence-electron chi connectivity index (χ2n) is 9.74. The van der Waals surface area contributed by atoms with Gasteiger partial charge in [0.15, 0.2) is 0 Å². The molecule has 0 radical (unpaired) electrons. The van der Waals surface area contributed by atoms with Crippen molar-refractivity contribution in [1.29, 1.82) is 0 Å². The number of rotatable bonds is 21. The first kappa shape index (κ1) is 28.2. The molecule has 1 rings (SSSR count). The third-order valence-corrected chi connectivity index (χ3v) is 7.06. The molecule has 180 valence electrons. The van der Waals surface area contributed by atoms with E-state index in [-0.39, 0.29) is 6.04 Å². The van der Waals surface area contributed by atoms with Gasteiger partial charge in [-0.25, -0.2) is 0 Å². The topological polar surface area (TPSA) is 26.0 Å². The molecule has 0 aliphatic heterocycles. The average molecular weight is 430 g/mol. The van der Waals surface area contributed by atoms with Crippen LogP contribution in [0.25, 0.3) is 0 Å². The van der Waals surface area contributed by atoms with Crippen LogP contribution >= 0.6 is 0 Å². The van der Waals surface area contributed by atoms with E-state index in [2.05, 4.69) is 39.0 Å². The number of hydrogen-bond acceptors (Lipinski definition) is 1. The molecule has 0 aromatic heterocycles. The summed E-state index contributed by atoms with van der Waals surface area (Å²) < 4.78 is 0. The van der Waals surface area contributed by atoms with E-state index < -0.39 is 0 Å². The highest BCUT2D eigenvalue weighted by molar-refractivity contribution is 5.37. The monoisotopic (exact) mass is 429 g/mol. The molecule has 0 bridgehead atoms. The van der Waals surface area contributed by atoms with E-state index in [4.69, 9.17) is 5.73 Å². The standard InChI is InChI=1S/C30H55N/c1-4-7-8-9-10-11-12-13-14-15-16-17-18-19-20-21-22-26-30(31)29-25-23-24-27(5-2)28(29)6-3/h23-25,30H,4-22,26,31H2,1-3H3. The van der Waals surface area contributed by atoms with Crippen LogP contribution in [0.3, 0.4) is 0 Å². The Kier molecular flexibility index (Phi) is 18.1. The molecule has 1 atom stereocenters. The van der Waals surface area contributed by atoms with Crippen molar-refractivity contribution < 1.29 is 0 Å². The van der Waals surface area contributed by atoms with E-state index in [9.17, 15) is 0 Å². The minimum Gasteiger partial charge on any atom is -0.324 e. The first-order chi connectivity index (χ1) is 15.2. The number of unbranched alkanes of at least 4 members (excludes halogenated alkanes) is 16. The summed E-state index contributed by atoms with van der Waals surface area (Å²) in [7, 11) is 0. The first-order valence-electron chi connectivity index (χ1n) is 14.1. The summed E-state index contributed by atoms with van der Waals surface area (Å²) in [6.45, 7) is 6.81. The molecular weight excluding hydrogens is 374 g/mol. The molecule has 1 aromatic rings. The lowest BCUT2D eigenvalue weighted by Gasteiger charge is -2.18. The lowest BCUT2D eigenvalue weighted by Crippen LogP contribution is -2.13. The van der Waals surface area contributed by atoms with E-state index in [0.717, 1.165) is 19.3 Å². The highest BCUT2D eigenvalue weighted by atomic mass is 14.6. The van der Waals surface area contributed by atoms with Gasteiger partial charge in [0.05, 0.1) is 0 Å². The van der Waals surface area contributed by atoms with E-state index in [0.29, 0.717) is 0 Å². The van der Waals surface area contributed by atoms with Crippen LogP contribution in [-0.2, 0) is 12.8 Å². The van der Waals surface area contributed by atoms with Gasteiger partial charge in [-0.15, -0.1) is 0 Å². The van der Waals surface area contributed by atoms with Gasteiger partial charge in [-0.1, -0.05) is 148 Å². The Morgan fingerprint density at radius 2 is 1.03 bits per heavy atom. The zero-order chi connectivity index (χ0) is 22.6. The van der Waals surface area contributed by atoms with Crippen molar-refractivity contribution in [2.45, 2.75) is 155 Å². The Labute approximate surface area is 196 Å². The predicted molar refractivity (Wildman–Crippen MR) is 141 cm³/mol. The van der Waals surface area contributed by atoms with Gasteiger partial charge in [0.1, 0.15) is 0 Å². The van der Waals surface area contributed by atoms with E-state index in [1.165, 1.54) is 126 Å². The molecule has 0 heterocycles. The summed E-state index contributed by atoms with van der Waals surface area (Å²) in [4.78, 5) is 0. The Morgan fingerprint density at radius 3 is 1.45 bits per heavy atom. The van der Waals surface area contributed by atoms with E-state index >= 15 is 0 Å². The van der Waals surface area contributed by atoms with Crippen molar-refractivity contribution in [2.24, 2.45) is 5.73 Å². The zero-order valence-corrected chi connectivity index (χ0v) is 21.5. The molecule has 0 aliphatic carbocycles. The van der Waals surface area contributed by atoms with Crippen LogP contribution < -0.4 is 5.73 Å². The van der Waals surface area contributed by atoms with Gasteiger partial charge in [-0.3, -0.25) is 0 Å². The average Bonchev–Trinajstić information content (AvgIpc) is 2.80. The van der Waals surface area contributed by atoms with Gasteiger partial charge in [0.2, 0.25) is 0 Å². The number of benzene rings is 1. The highest BCUT2D eigenvalue weighted by Gasteiger charge is 2.12. The molecule has 0 spiro atoms. The van der Waals surface area contributed by atoms with Gasteiger partial charge < -0.3 is 5.73 Å². The molecule has 1 unspecified atom stereocenters. The SMILES string of the molecule is CCCCCCCCCCCCCCCCCCCC(N)c1cccc(CC)c1CC. The molecule has 0 amide bonds. The Morgan fingerprint density at radius 1 is 0.581 bits per heavy atom. The lowest BCUT2D eigenvalue weighted by atomic mass is 9.91. The summed E-state index contributed by atoms with van der Waals surface area (Å²) >= 11 is 0. The van der Waals surface area contributed by atoms with Crippen molar-refractivity contribution in [3.63, 3.8) is 0 Å². The largest absolute Gasteiger partial charge is 0.324 e. The maximum atomic E-state index is 6.56. The summed E-state index contributed by atoms with van der Waals surface area (Å²) in [6.07, 6.45) is 27.6. The molecule has 1 nitrogen and oxygen atoms in total. The second-order valence-corrected chi connectivity index (χ2v) is 9.74. The number of nitrogens with two attached hydrogens (primary N) is 1.